The third-order valence-corrected chi connectivity index (χ3v) is 4.65. The smallest absolute Gasteiger partial charge is 0.119 e. The molecule has 1 aliphatic heterocycles. The summed E-state index contributed by atoms with van der Waals surface area (Å²) in [5.74, 6) is 0.919. The average Bonchev–Trinajstić information content (AvgIpc) is 2.66. The predicted molar refractivity (Wildman–Crippen MR) is 104 cm³/mol. The second kappa shape index (κ2) is 8.84. The molecule has 0 radical (unpaired) electrons. The second-order valence-electron chi connectivity index (χ2n) is 6.81. The van der Waals surface area contributed by atoms with Gasteiger partial charge < -0.3 is 10.1 Å². The van der Waals surface area contributed by atoms with Crippen LogP contribution in [0.3, 0.4) is 0 Å². The molecule has 3 nitrogen and oxygen atoms in total. The summed E-state index contributed by atoms with van der Waals surface area (Å²) in [5.41, 5.74) is 3.76. The number of hydrogen-bond acceptors (Lipinski definition) is 3. The number of nitrogens with one attached hydrogen (secondary N) is 1. The Labute approximate surface area is 151 Å². The fourth-order valence-corrected chi connectivity index (χ4v) is 3.31. The molecule has 132 valence electrons. The quantitative estimate of drug-likeness (QED) is 0.768. The zero-order valence-electron chi connectivity index (χ0n) is 15.1. The predicted octanol–water partition coefficient (Wildman–Crippen LogP) is 4.18. The number of rotatable bonds is 7. The van der Waals surface area contributed by atoms with Gasteiger partial charge in [-0.1, -0.05) is 48.0 Å². The minimum atomic E-state index is 0.405. The summed E-state index contributed by atoms with van der Waals surface area (Å²) in [6.07, 6.45) is 1.00. The van der Waals surface area contributed by atoms with Crippen LogP contribution >= 0.6 is 0 Å². The zero-order chi connectivity index (χ0) is 17.5. The van der Waals surface area contributed by atoms with Crippen LogP contribution < -0.4 is 10.1 Å². The molecule has 0 spiro atoms. The van der Waals surface area contributed by atoms with E-state index in [0.29, 0.717) is 12.6 Å². The standard InChI is InChI=1S/C22H28N2O/c1-18(2)16-22(24-14-12-23-13-15-24)20-8-10-21(11-9-20)25-17-19-6-4-3-5-7-19/h3-11,22-23H,1,12-17H2,2H3/t22-/m0/s1. The van der Waals surface area contributed by atoms with Gasteiger partial charge in [-0.05, 0) is 36.6 Å². The van der Waals surface area contributed by atoms with Crippen LogP contribution in [0.25, 0.3) is 0 Å². The Bertz CT molecular complexity index is 660. The van der Waals surface area contributed by atoms with E-state index >= 15 is 0 Å². The molecule has 3 heteroatoms. The van der Waals surface area contributed by atoms with Gasteiger partial charge in [-0.2, -0.15) is 0 Å². The first-order valence-corrected chi connectivity index (χ1v) is 9.08. The van der Waals surface area contributed by atoms with Gasteiger partial charge >= 0.3 is 0 Å². The molecule has 0 bridgehead atoms. The maximum Gasteiger partial charge on any atom is 0.119 e. The SMILES string of the molecule is C=C(C)C[C@@H](c1ccc(OCc2ccccc2)cc1)N1CCNCC1. The highest BCUT2D eigenvalue weighted by Gasteiger charge is 2.22. The lowest BCUT2D eigenvalue weighted by Gasteiger charge is -2.35. The van der Waals surface area contributed by atoms with Crippen molar-refractivity contribution in [2.75, 3.05) is 26.2 Å². The first-order chi connectivity index (χ1) is 12.2. The van der Waals surface area contributed by atoms with Crippen LogP contribution in [0.1, 0.15) is 30.5 Å². The van der Waals surface area contributed by atoms with Gasteiger partial charge in [0.05, 0.1) is 0 Å². The summed E-state index contributed by atoms with van der Waals surface area (Å²) in [6.45, 7) is 11.1. The van der Waals surface area contributed by atoms with E-state index in [-0.39, 0.29) is 0 Å². The maximum atomic E-state index is 5.91. The van der Waals surface area contributed by atoms with Gasteiger partial charge in [-0.3, -0.25) is 4.90 Å². The Hall–Kier alpha value is -2.10. The van der Waals surface area contributed by atoms with Crippen molar-refractivity contribution in [1.82, 2.24) is 10.2 Å². The van der Waals surface area contributed by atoms with Crippen LogP contribution in [0.15, 0.2) is 66.7 Å². The van der Waals surface area contributed by atoms with E-state index in [9.17, 15) is 0 Å². The summed E-state index contributed by atoms with van der Waals surface area (Å²) in [7, 11) is 0. The Morgan fingerprint density at radius 1 is 1.08 bits per heavy atom. The molecule has 1 saturated heterocycles. The van der Waals surface area contributed by atoms with Crippen LogP contribution in [0.4, 0.5) is 0 Å². The topological polar surface area (TPSA) is 24.5 Å². The first-order valence-electron chi connectivity index (χ1n) is 9.08. The van der Waals surface area contributed by atoms with E-state index in [1.54, 1.807) is 0 Å². The number of ether oxygens (including phenoxy) is 1. The largest absolute Gasteiger partial charge is 0.489 e. The Kier molecular flexibility index (Phi) is 6.26. The monoisotopic (exact) mass is 336 g/mol. The van der Waals surface area contributed by atoms with Gasteiger partial charge in [0.2, 0.25) is 0 Å². The van der Waals surface area contributed by atoms with E-state index in [1.165, 1.54) is 16.7 Å². The van der Waals surface area contributed by atoms with E-state index in [4.69, 9.17) is 4.74 Å². The van der Waals surface area contributed by atoms with Gasteiger partial charge in [-0.15, -0.1) is 6.58 Å². The van der Waals surface area contributed by atoms with Crippen molar-refractivity contribution in [2.24, 2.45) is 0 Å². The normalized spacial score (nSPS) is 16.4. The number of hydrogen-bond donors (Lipinski definition) is 1. The molecular weight excluding hydrogens is 308 g/mol. The molecule has 2 aromatic rings. The lowest BCUT2D eigenvalue weighted by molar-refractivity contribution is 0.172. The molecule has 0 aromatic heterocycles. The molecule has 1 heterocycles. The lowest BCUT2D eigenvalue weighted by Crippen LogP contribution is -2.45. The number of benzene rings is 2. The highest BCUT2D eigenvalue weighted by molar-refractivity contribution is 5.30. The minimum absolute atomic E-state index is 0.405. The summed E-state index contributed by atoms with van der Waals surface area (Å²) >= 11 is 0. The van der Waals surface area contributed by atoms with Crippen molar-refractivity contribution in [3.8, 4) is 5.75 Å². The molecule has 0 unspecified atom stereocenters. The van der Waals surface area contributed by atoms with E-state index in [2.05, 4.69) is 60.1 Å². The van der Waals surface area contributed by atoms with E-state index < -0.39 is 0 Å². The third kappa shape index (κ3) is 5.18. The van der Waals surface area contributed by atoms with Crippen molar-refractivity contribution in [1.29, 1.82) is 0 Å². The third-order valence-electron chi connectivity index (χ3n) is 4.65. The van der Waals surface area contributed by atoms with Gasteiger partial charge in [0.25, 0.3) is 0 Å². The maximum absolute atomic E-state index is 5.91. The van der Waals surface area contributed by atoms with Gasteiger partial charge in [0.1, 0.15) is 12.4 Å². The number of piperazine rings is 1. The molecule has 1 N–H and O–H groups in total. The Balaban J connectivity index is 1.66. The second-order valence-corrected chi connectivity index (χ2v) is 6.81. The van der Waals surface area contributed by atoms with Crippen molar-refractivity contribution < 1.29 is 4.74 Å². The van der Waals surface area contributed by atoms with E-state index in [1.807, 2.05) is 18.2 Å². The fourth-order valence-electron chi connectivity index (χ4n) is 3.31. The van der Waals surface area contributed by atoms with Crippen LogP contribution in [-0.2, 0) is 6.61 Å². The van der Waals surface area contributed by atoms with Crippen LogP contribution in [0.2, 0.25) is 0 Å². The molecule has 2 aromatic carbocycles. The zero-order valence-corrected chi connectivity index (χ0v) is 15.1. The Morgan fingerprint density at radius 3 is 2.40 bits per heavy atom. The van der Waals surface area contributed by atoms with Gasteiger partial charge in [0.15, 0.2) is 0 Å². The highest BCUT2D eigenvalue weighted by atomic mass is 16.5. The minimum Gasteiger partial charge on any atom is -0.489 e. The molecule has 25 heavy (non-hydrogen) atoms. The average molecular weight is 336 g/mol. The van der Waals surface area contributed by atoms with Crippen molar-refractivity contribution >= 4 is 0 Å². The first kappa shape index (κ1) is 17.7. The summed E-state index contributed by atoms with van der Waals surface area (Å²) < 4.78 is 5.91. The van der Waals surface area contributed by atoms with Crippen LogP contribution in [0, 0.1) is 0 Å². The van der Waals surface area contributed by atoms with Crippen molar-refractivity contribution in [2.45, 2.75) is 26.0 Å². The molecule has 1 aliphatic rings. The fraction of sp³-hybridized carbons (Fsp3) is 0.364. The summed E-state index contributed by atoms with van der Waals surface area (Å²) in [6, 6.07) is 19.3. The molecule has 3 rings (SSSR count). The molecular formula is C22H28N2O. The molecule has 0 amide bonds. The van der Waals surface area contributed by atoms with Crippen LogP contribution in [0.5, 0.6) is 5.75 Å². The van der Waals surface area contributed by atoms with Crippen molar-refractivity contribution in [3.63, 3.8) is 0 Å². The van der Waals surface area contributed by atoms with Gasteiger partial charge in [0, 0.05) is 32.2 Å². The summed E-state index contributed by atoms with van der Waals surface area (Å²) in [5, 5.41) is 3.43. The molecule has 0 saturated carbocycles. The molecule has 1 fully saturated rings. The lowest BCUT2D eigenvalue weighted by atomic mass is 9.98. The van der Waals surface area contributed by atoms with E-state index in [0.717, 1.165) is 38.3 Å². The number of nitrogens with zero attached hydrogens (tertiary/aromatic N) is 1. The highest BCUT2D eigenvalue weighted by Crippen LogP contribution is 2.29. The van der Waals surface area contributed by atoms with Gasteiger partial charge in [-0.25, -0.2) is 0 Å². The van der Waals surface area contributed by atoms with Crippen molar-refractivity contribution in [3.05, 3.63) is 77.9 Å². The summed E-state index contributed by atoms with van der Waals surface area (Å²) in [4.78, 5) is 2.56. The molecule has 1 atom stereocenters. The van der Waals surface area contributed by atoms with Crippen LogP contribution in [-0.4, -0.2) is 31.1 Å². The Morgan fingerprint density at radius 2 is 1.76 bits per heavy atom. The molecule has 0 aliphatic carbocycles.